The molecule has 4 nitrogen and oxygen atoms in total. The first-order valence-corrected chi connectivity index (χ1v) is 11.4. The lowest BCUT2D eigenvalue weighted by Crippen LogP contribution is -2.07. The second-order valence-electron chi connectivity index (χ2n) is 6.86. The van der Waals surface area contributed by atoms with Crippen LogP contribution in [0.2, 0.25) is 0 Å². The predicted molar refractivity (Wildman–Crippen MR) is 109 cm³/mol. The molecule has 152 valence electrons. The Kier molecular flexibility index (Phi) is 15.7. The Morgan fingerprint density at radius 2 is 1.27 bits per heavy atom. The summed E-state index contributed by atoms with van der Waals surface area (Å²) in [6, 6.07) is 8.33. The van der Waals surface area contributed by atoms with Crippen LogP contribution in [0.15, 0.2) is 35.2 Å². The Balaban J connectivity index is 0.00000141. The molecular formula is C21H38O4S. The average molecular weight is 387 g/mol. The van der Waals surface area contributed by atoms with Crippen molar-refractivity contribution in [1.29, 1.82) is 0 Å². The van der Waals surface area contributed by atoms with E-state index in [2.05, 4.69) is 6.92 Å². The minimum Gasteiger partial charge on any atom is -0.394 e. The van der Waals surface area contributed by atoms with E-state index in [-0.39, 0.29) is 17.6 Å². The van der Waals surface area contributed by atoms with Crippen LogP contribution in [0.25, 0.3) is 0 Å². The number of benzene rings is 1. The van der Waals surface area contributed by atoms with E-state index in [4.69, 9.17) is 9.29 Å². The SMILES string of the molecule is CC(C)O.CCCCCCCCCCCCOS(=O)(=O)c1ccccc1. The number of rotatable bonds is 13. The van der Waals surface area contributed by atoms with Gasteiger partial charge in [-0.3, -0.25) is 4.18 Å². The van der Waals surface area contributed by atoms with Crippen molar-refractivity contribution < 1.29 is 17.7 Å². The first kappa shape index (κ1) is 25.1. The fourth-order valence-electron chi connectivity index (χ4n) is 2.41. The van der Waals surface area contributed by atoms with E-state index in [1.54, 1.807) is 44.2 Å². The highest BCUT2D eigenvalue weighted by Gasteiger charge is 2.13. The Hall–Kier alpha value is -0.910. The highest BCUT2D eigenvalue weighted by atomic mass is 32.2. The van der Waals surface area contributed by atoms with Crippen LogP contribution >= 0.6 is 0 Å². The highest BCUT2D eigenvalue weighted by Crippen LogP contribution is 2.13. The minimum atomic E-state index is -3.57. The van der Waals surface area contributed by atoms with Gasteiger partial charge in [0.25, 0.3) is 10.1 Å². The van der Waals surface area contributed by atoms with E-state index in [1.807, 2.05) is 0 Å². The maximum Gasteiger partial charge on any atom is 0.296 e. The van der Waals surface area contributed by atoms with E-state index in [0.29, 0.717) is 0 Å². The van der Waals surface area contributed by atoms with Crippen molar-refractivity contribution in [3.63, 3.8) is 0 Å². The van der Waals surface area contributed by atoms with Crippen molar-refractivity contribution in [1.82, 2.24) is 0 Å². The van der Waals surface area contributed by atoms with Gasteiger partial charge in [-0.05, 0) is 32.4 Å². The molecule has 0 saturated carbocycles. The third kappa shape index (κ3) is 15.4. The number of hydrogen-bond donors (Lipinski definition) is 1. The summed E-state index contributed by atoms with van der Waals surface area (Å²) in [5.74, 6) is 0. The zero-order chi connectivity index (χ0) is 19.7. The Labute approximate surface area is 161 Å². The van der Waals surface area contributed by atoms with Crippen molar-refractivity contribution in [3.8, 4) is 0 Å². The lowest BCUT2D eigenvalue weighted by molar-refractivity contribution is 0.216. The molecule has 0 radical (unpaired) electrons. The molecule has 0 aliphatic heterocycles. The Morgan fingerprint density at radius 3 is 1.73 bits per heavy atom. The molecule has 0 amide bonds. The van der Waals surface area contributed by atoms with E-state index in [1.165, 1.54) is 51.4 Å². The molecule has 1 N–H and O–H groups in total. The average Bonchev–Trinajstić information content (AvgIpc) is 2.60. The molecule has 0 aliphatic rings. The van der Waals surface area contributed by atoms with Gasteiger partial charge in [0.1, 0.15) is 0 Å². The van der Waals surface area contributed by atoms with E-state index >= 15 is 0 Å². The normalized spacial score (nSPS) is 11.3. The molecule has 0 fully saturated rings. The van der Waals surface area contributed by atoms with Crippen LogP contribution in [0.4, 0.5) is 0 Å². The van der Waals surface area contributed by atoms with Crippen molar-refractivity contribution in [2.75, 3.05) is 6.61 Å². The largest absolute Gasteiger partial charge is 0.394 e. The van der Waals surface area contributed by atoms with Gasteiger partial charge in [0.2, 0.25) is 0 Å². The molecule has 0 aromatic heterocycles. The summed E-state index contributed by atoms with van der Waals surface area (Å²) in [5, 5.41) is 8.06. The van der Waals surface area contributed by atoms with E-state index < -0.39 is 10.1 Å². The van der Waals surface area contributed by atoms with Gasteiger partial charge in [-0.1, -0.05) is 82.9 Å². The maximum atomic E-state index is 11.9. The maximum absolute atomic E-state index is 11.9. The number of aliphatic hydroxyl groups is 1. The quantitative estimate of drug-likeness (QED) is 0.349. The zero-order valence-corrected chi connectivity index (χ0v) is 17.6. The molecule has 0 spiro atoms. The summed E-state index contributed by atoms with van der Waals surface area (Å²) >= 11 is 0. The van der Waals surface area contributed by atoms with E-state index in [0.717, 1.165) is 12.8 Å². The third-order valence-electron chi connectivity index (χ3n) is 3.77. The molecular weight excluding hydrogens is 348 g/mol. The summed E-state index contributed by atoms with van der Waals surface area (Å²) in [6.45, 7) is 5.97. The Morgan fingerprint density at radius 1 is 0.846 bits per heavy atom. The van der Waals surface area contributed by atoms with Gasteiger partial charge in [0.15, 0.2) is 0 Å². The molecule has 5 heteroatoms. The first-order chi connectivity index (χ1) is 12.4. The van der Waals surface area contributed by atoms with Crippen LogP contribution in [-0.4, -0.2) is 26.2 Å². The molecule has 1 aromatic carbocycles. The van der Waals surface area contributed by atoms with Gasteiger partial charge in [-0.2, -0.15) is 8.42 Å². The molecule has 0 saturated heterocycles. The third-order valence-corrected chi connectivity index (χ3v) is 5.09. The fraction of sp³-hybridized carbons (Fsp3) is 0.714. The molecule has 0 heterocycles. The Bertz CT molecular complexity index is 509. The van der Waals surface area contributed by atoms with Gasteiger partial charge < -0.3 is 5.11 Å². The molecule has 0 aliphatic carbocycles. The van der Waals surface area contributed by atoms with Crippen LogP contribution in [0, 0.1) is 0 Å². The topological polar surface area (TPSA) is 63.6 Å². The summed E-state index contributed by atoms with van der Waals surface area (Å²) in [4.78, 5) is 0.238. The number of aliphatic hydroxyl groups excluding tert-OH is 1. The lowest BCUT2D eigenvalue weighted by atomic mass is 10.1. The van der Waals surface area contributed by atoms with Gasteiger partial charge >= 0.3 is 0 Å². The second kappa shape index (κ2) is 16.3. The summed E-state index contributed by atoms with van der Waals surface area (Å²) in [7, 11) is -3.57. The van der Waals surface area contributed by atoms with Gasteiger partial charge in [-0.25, -0.2) is 0 Å². The van der Waals surface area contributed by atoms with Crippen LogP contribution < -0.4 is 0 Å². The standard InChI is InChI=1S/C18H30O3S.C3H8O/c1-2-3-4-5-6-7-8-9-10-14-17-21-22(19,20)18-15-12-11-13-16-18;1-3(2)4/h11-13,15-16H,2-10,14,17H2,1H3;3-4H,1-2H3. The molecule has 0 atom stereocenters. The van der Waals surface area contributed by atoms with Crippen LogP contribution in [0.5, 0.6) is 0 Å². The zero-order valence-electron chi connectivity index (χ0n) is 16.8. The fourth-order valence-corrected chi connectivity index (χ4v) is 3.38. The monoisotopic (exact) mass is 386 g/mol. The summed E-state index contributed by atoms with van der Waals surface area (Å²) in [6.07, 6.45) is 12.1. The molecule has 0 unspecified atom stereocenters. The summed E-state index contributed by atoms with van der Waals surface area (Å²) < 4.78 is 28.8. The van der Waals surface area contributed by atoms with Crippen molar-refractivity contribution in [2.24, 2.45) is 0 Å². The van der Waals surface area contributed by atoms with Crippen LogP contribution in [-0.2, 0) is 14.3 Å². The van der Waals surface area contributed by atoms with Gasteiger partial charge in [0.05, 0.1) is 11.5 Å². The van der Waals surface area contributed by atoms with Crippen LogP contribution in [0.1, 0.15) is 85.0 Å². The lowest BCUT2D eigenvalue weighted by Gasteiger charge is -2.05. The predicted octanol–water partition coefficient (Wildman–Crippen LogP) is 5.70. The smallest absolute Gasteiger partial charge is 0.296 e. The molecule has 26 heavy (non-hydrogen) atoms. The molecule has 1 rings (SSSR count). The first-order valence-electron chi connectivity index (χ1n) is 10.0. The van der Waals surface area contributed by atoms with E-state index in [9.17, 15) is 8.42 Å². The summed E-state index contributed by atoms with van der Waals surface area (Å²) in [5.41, 5.74) is 0. The number of unbranched alkanes of at least 4 members (excludes halogenated alkanes) is 9. The van der Waals surface area contributed by atoms with Crippen molar-refractivity contribution in [3.05, 3.63) is 30.3 Å². The highest BCUT2D eigenvalue weighted by molar-refractivity contribution is 7.86. The second-order valence-corrected chi connectivity index (χ2v) is 8.48. The van der Waals surface area contributed by atoms with Crippen molar-refractivity contribution in [2.45, 2.75) is 96.0 Å². The van der Waals surface area contributed by atoms with Gasteiger partial charge in [0, 0.05) is 6.10 Å². The van der Waals surface area contributed by atoms with Gasteiger partial charge in [-0.15, -0.1) is 0 Å². The molecule has 1 aromatic rings. The minimum absolute atomic E-state index is 0.167. The van der Waals surface area contributed by atoms with Crippen LogP contribution in [0.3, 0.4) is 0 Å². The number of hydrogen-bond acceptors (Lipinski definition) is 4. The molecule has 0 bridgehead atoms. The van der Waals surface area contributed by atoms with Crippen molar-refractivity contribution >= 4 is 10.1 Å².